The van der Waals surface area contributed by atoms with Crippen molar-refractivity contribution in [3.8, 4) is 0 Å². The average Bonchev–Trinajstić information content (AvgIpc) is 2.46. The largest absolute Gasteiger partial charge is 0.338 e. The Kier molecular flexibility index (Phi) is 7.73. The summed E-state index contributed by atoms with van der Waals surface area (Å²) in [5, 5.41) is 5.79. The zero-order valence-corrected chi connectivity index (χ0v) is 12.9. The molecule has 0 radical (unpaired) electrons. The van der Waals surface area contributed by atoms with Gasteiger partial charge in [0.25, 0.3) is 0 Å². The SMILES string of the molecule is CCN(CC)CCCNC(=O)NCc1ccccc1C. The number of carbonyl (C=O) groups excluding carboxylic acids is 1. The molecule has 1 aromatic rings. The number of rotatable bonds is 8. The molecule has 1 aromatic carbocycles. The maximum Gasteiger partial charge on any atom is 0.315 e. The summed E-state index contributed by atoms with van der Waals surface area (Å²) in [6.07, 6.45) is 0.986. The Balaban J connectivity index is 2.16. The van der Waals surface area contributed by atoms with Crippen LogP contribution in [0, 0.1) is 6.92 Å². The van der Waals surface area contributed by atoms with Crippen molar-refractivity contribution in [2.75, 3.05) is 26.2 Å². The van der Waals surface area contributed by atoms with Crippen molar-refractivity contribution in [3.05, 3.63) is 35.4 Å². The summed E-state index contributed by atoms with van der Waals surface area (Å²) < 4.78 is 0. The molecule has 4 nitrogen and oxygen atoms in total. The highest BCUT2D eigenvalue weighted by atomic mass is 16.2. The summed E-state index contributed by atoms with van der Waals surface area (Å²) >= 11 is 0. The molecule has 20 heavy (non-hydrogen) atoms. The van der Waals surface area contributed by atoms with Crippen LogP contribution >= 0.6 is 0 Å². The monoisotopic (exact) mass is 277 g/mol. The minimum absolute atomic E-state index is 0.0900. The van der Waals surface area contributed by atoms with Crippen molar-refractivity contribution >= 4 is 6.03 Å². The van der Waals surface area contributed by atoms with E-state index in [9.17, 15) is 4.79 Å². The van der Waals surface area contributed by atoms with Crippen LogP contribution in [0.2, 0.25) is 0 Å². The van der Waals surface area contributed by atoms with Gasteiger partial charge >= 0.3 is 6.03 Å². The quantitative estimate of drug-likeness (QED) is 0.717. The molecule has 4 heteroatoms. The molecule has 0 spiro atoms. The minimum Gasteiger partial charge on any atom is -0.338 e. The van der Waals surface area contributed by atoms with Crippen molar-refractivity contribution in [1.82, 2.24) is 15.5 Å². The van der Waals surface area contributed by atoms with Crippen LogP contribution in [-0.4, -0.2) is 37.1 Å². The molecule has 112 valence electrons. The number of amides is 2. The van der Waals surface area contributed by atoms with E-state index in [1.54, 1.807) is 0 Å². The van der Waals surface area contributed by atoms with E-state index < -0.39 is 0 Å². The minimum atomic E-state index is -0.0900. The summed E-state index contributed by atoms with van der Waals surface area (Å²) in [5.41, 5.74) is 2.36. The van der Waals surface area contributed by atoms with Crippen molar-refractivity contribution in [2.24, 2.45) is 0 Å². The van der Waals surface area contributed by atoms with Gasteiger partial charge in [0.15, 0.2) is 0 Å². The third kappa shape index (κ3) is 6.06. The maximum absolute atomic E-state index is 11.7. The molecule has 0 aliphatic carbocycles. The number of urea groups is 1. The third-order valence-corrected chi connectivity index (χ3v) is 3.53. The molecule has 2 N–H and O–H groups in total. The van der Waals surface area contributed by atoms with Crippen LogP contribution in [0.3, 0.4) is 0 Å². The predicted octanol–water partition coefficient (Wildman–Crippen LogP) is 2.53. The first-order valence-corrected chi connectivity index (χ1v) is 7.46. The van der Waals surface area contributed by atoms with E-state index in [2.05, 4.69) is 42.4 Å². The van der Waals surface area contributed by atoms with E-state index in [-0.39, 0.29) is 6.03 Å². The number of nitrogens with one attached hydrogen (secondary N) is 2. The second kappa shape index (κ2) is 9.37. The summed E-state index contributed by atoms with van der Waals surface area (Å²) in [4.78, 5) is 14.0. The number of aryl methyl sites for hydroxylation is 1. The van der Waals surface area contributed by atoms with Crippen LogP contribution in [0.4, 0.5) is 4.79 Å². The van der Waals surface area contributed by atoms with Gasteiger partial charge in [-0.3, -0.25) is 0 Å². The first-order chi connectivity index (χ1) is 9.67. The van der Waals surface area contributed by atoms with Crippen LogP contribution in [0.25, 0.3) is 0 Å². The van der Waals surface area contributed by atoms with E-state index in [1.165, 1.54) is 5.56 Å². The second-order valence-electron chi connectivity index (χ2n) is 4.92. The lowest BCUT2D eigenvalue weighted by atomic mass is 10.1. The number of hydrogen-bond donors (Lipinski definition) is 2. The van der Waals surface area contributed by atoms with Gasteiger partial charge in [-0.1, -0.05) is 38.1 Å². The van der Waals surface area contributed by atoms with Gasteiger partial charge in [-0.15, -0.1) is 0 Å². The molecule has 0 aromatic heterocycles. The normalized spacial score (nSPS) is 10.6. The van der Waals surface area contributed by atoms with Gasteiger partial charge in [-0.05, 0) is 44.1 Å². The summed E-state index contributed by atoms with van der Waals surface area (Å²) in [5.74, 6) is 0. The van der Waals surface area contributed by atoms with Gasteiger partial charge in [0.2, 0.25) is 0 Å². The Morgan fingerprint density at radius 3 is 2.50 bits per heavy atom. The Bertz CT molecular complexity index is 402. The second-order valence-corrected chi connectivity index (χ2v) is 4.92. The molecular weight excluding hydrogens is 250 g/mol. The lowest BCUT2D eigenvalue weighted by molar-refractivity contribution is 0.239. The van der Waals surface area contributed by atoms with Crippen molar-refractivity contribution < 1.29 is 4.79 Å². The standard InChI is InChI=1S/C16H27N3O/c1-4-19(5-2)12-8-11-17-16(20)18-13-15-10-7-6-9-14(15)3/h6-7,9-10H,4-5,8,11-13H2,1-3H3,(H2,17,18,20). The number of hydrogen-bond acceptors (Lipinski definition) is 2. The Morgan fingerprint density at radius 1 is 1.15 bits per heavy atom. The lowest BCUT2D eigenvalue weighted by Crippen LogP contribution is -2.37. The molecule has 0 atom stereocenters. The fraction of sp³-hybridized carbons (Fsp3) is 0.562. The molecule has 2 amide bonds. The third-order valence-electron chi connectivity index (χ3n) is 3.53. The van der Waals surface area contributed by atoms with Crippen molar-refractivity contribution in [3.63, 3.8) is 0 Å². The molecule has 0 aliphatic heterocycles. The van der Waals surface area contributed by atoms with E-state index in [0.29, 0.717) is 6.54 Å². The number of nitrogens with zero attached hydrogens (tertiary/aromatic N) is 1. The smallest absolute Gasteiger partial charge is 0.315 e. The zero-order chi connectivity index (χ0) is 14.8. The fourth-order valence-corrected chi connectivity index (χ4v) is 2.09. The van der Waals surface area contributed by atoms with Crippen LogP contribution in [-0.2, 0) is 6.54 Å². The Hall–Kier alpha value is -1.55. The molecule has 0 saturated heterocycles. The molecule has 0 fully saturated rings. The molecule has 0 saturated carbocycles. The summed E-state index contributed by atoms with van der Waals surface area (Å²) in [7, 11) is 0. The predicted molar refractivity (Wildman–Crippen MR) is 83.8 cm³/mol. The molecular formula is C16H27N3O. The first kappa shape index (κ1) is 16.5. The molecule has 0 heterocycles. The Morgan fingerprint density at radius 2 is 1.85 bits per heavy atom. The van der Waals surface area contributed by atoms with Crippen LogP contribution in [0.15, 0.2) is 24.3 Å². The van der Waals surface area contributed by atoms with Crippen molar-refractivity contribution in [1.29, 1.82) is 0 Å². The topological polar surface area (TPSA) is 44.4 Å². The highest BCUT2D eigenvalue weighted by Gasteiger charge is 2.02. The number of carbonyl (C=O) groups is 1. The fourth-order valence-electron chi connectivity index (χ4n) is 2.09. The van der Waals surface area contributed by atoms with E-state index in [1.807, 2.05) is 18.2 Å². The van der Waals surface area contributed by atoms with Crippen LogP contribution < -0.4 is 10.6 Å². The number of benzene rings is 1. The molecule has 0 unspecified atom stereocenters. The lowest BCUT2D eigenvalue weighted by Gasteiger charge is -2.17. The van der Waals surface area contributed by atoms with Gasteiger partial charge in [0, 0.05) is 13.1 Å². The summed E-state index contributed by atoms with van der Waals surface area (Å²) in [6, 6.07) is 8.00. The molecule has 0 aliphatic rings. The molecule has 0 bridgehead atoms. The van der Waals surface area contributed by atoms with Gasteiger partial charge in [-0.25, -0.2) is 4.79 Å². The first-order valence-electron chi connectivity index (χ1n) is 7.46. The van der Waals surface area contributed by atoms with Crippen LogP contribution in [0.1, 0.15) is 31.4 Å². The Labute approximate surface area is 122 Å². The van der Waals surface area contributed by atoms with Gasteiger partial charge < -0.3 is 15.5 Å². The van der Waals surface area contributed by atoms with Gasteiger partial charge in [-0.2, -0.15) is 0 Å². The average molecular weight is 277 g/mol. The zero-order valence-electron chi connectivity index (χ0n) is 12.9. The highest BCUT2D eigenvalue weighted by Crippen LogP contribution is 2.05. The van der Waals surface area contributed by atoms with E-state index >= 15 is 0 Å². The highest BCUT2D eigenvalue weighted by molar-refractivity contribution is 5.73. The van der Waals surface area contributed by atoms with E-state index in [4.69, 9.17) is 0 Å². The maximum atomic E-state index is 11.7. The molecule has 1 rings (SSSR count). The summed E-state index contributed by atoms with van der Waals surface area (Å²) in [6.45, 7) is 10.8. The van der Waals surface area contributed by atoms with Crippen molar-refractivity contribution in [2.45, 2.75) is 33.7 Å². The van der Waals surface area contributed by atoms with Gasteiger partial charge in [0.1, 0.15) is 0 Å². The van der Waals surface area contributed by atoms with Crippen LogP contribution in [0.5, 0.6) is 0 Å². The van der Waals surface area contributed by atoms with E-state index in [0.717, 1.165) is 38.2 Å². The van der Waals surface area contributed by atoms with Gasteiger partial charge in [0.05, 0.1) is 0 Å².